The number of aromatic amines is 1. The van der Waals surface area contributed by atoms with E-state index in [0.29, 0.717) is 27.2 Å². The molecule has 6 heteroatoms. The molecular formula is C23H17ClN3O2. The number of nitrogens with zero attached hydrogens (tertiary/aromatic N) is 2. The maximum atomic E-state index is 13.4. The van der Waals surface area contributed by atoms with E-state index < -0.39 is 11.8 Å². The van der Waals surface area contributed by atoms with Crippen LogP contribution in [0.3, 0.4) is 0 Å². The highest BCUT2D eigenvalue weighted by Crippen LogP contribution is 2.47. The van der Waals surface area contributed by atoms with Crippen molar-refractivity contribution in [2.45, 2.75) is 18.7 Å². The van der Waals surface area contributed by atoms with E-state index in [0.717, 1.165) is 11.1 Å². The highest BCUT2D eigenvalue weighted by atomic mass is 35.5. The van der Waals surface area contributed by atoms with Crippen molar-refractivity contribution >= 4 is 28.5 Å². The number of hydrogen-bond acceptors (Lipinski definition) is 3. The number of benzene rings is 3. The molecule has 1 radical (unpaired) electrons. The summed E-state index contributed by atoms with van der Waals surface area (Å²) in [6.45, 7) is 1.89. The van der Waals surface area contributed by atoms with Crippen LogP contribution in [0.2, 0.25) is 5.02 Å². The number of nitrogens with one attached hydrogen (secondary N) is 1. The van der Waals surface area contributed by atoms with Crippen LogP contribution in [-0.2, 0) is 5.72 Å². The zero-order chi connectivity index (χ0) is 20.2. The average Bonchev–Trinajstić information content (AvgIpc) is 3.29. The molecule has 0 spiro atoms. The van der Waals surface area contributed by atoms with E-state index in [-0.39, 0.29) is 5.91 Å². The Morgan fingerprint density at radius 1 is 1.14 bits per heavy atom. The molecule has 143 valence electrons. The smallest absolute Gasteiger partial charge is 0.257 e. The number of halogens is 1. The number of imidazole rings is 1. The maximum Gasteiger partial charge on any atom is 0.257 e. The van der Waals surface area contributed by atoms with Crippen LogP contribution in [-0.4, -0.2) is 25.9 Å². The van der Waals surface area contributed by atoms with Crippen LogP contribution in [0.5, 0.6) is 0 Å². The summed E-state index contributed by atoms with van der Waals surface area (Å²) in [4.78, 5) is 22.0. The van der Waals surface area contributed by atoms with Gasteiger partial charge >= 0.3 is 0 Å². The molecule has 2 N–H and O–H groups in total. The lowest BCUT2D eigenvalue weighted by molar-refractivity contribution is -0.0676. The van der Waals surface area contributed by atoms with Crippen LogP contribution in [0.25, 0.3) is 11.0 Å². The molecule has 1 aliphatic heterocycles. The standard InChI is InChI=1S/C23H17ClN3O2/c1-14(15-5-4-6-17(24)11-15)27-22(28)18-7-2-3-8-19(18)23(27,29)16-9-10-20-21(12-16)26-13-25-20/h2-12,14,29H,1H3,(H,25,26). The van der Waals surface area contributed by atoms with Gasteiger partial charge in [-0.15, -0.1) is 0 Å². The fourth-order valence-electron chi connectivity index (χ4n) is 4.14. The third-order valence-electron chi connectivity index (χ3n) is 5.59. The minimum atomic E-state index is -1.64. The first-order valence-corrected chi connectivity index (χ1v) is 9.65. The Balaban J connectivity index is 1.73. The van der Waals surface area contributed by atoms with Crippen LogP contribution in [0.1, 0.15) is 40.0 Å². The molecular weight excluding hydrogens is 386 g/mol. The summed E-state index contributed by atoms with van der Waals surface area (Å²) in [6.07, 6.45) is 2.71. The lowest BCUT2D eigenvalue weighted by Gasteiger charge is -2.39. The molecule has 1 amide bonds. The number of carbonyl (C=O) groups is 1. The fraction of sp³-hybridized carbons (Fsp3) is 0.130. The quantitative estimate of drug-likeness (QED) is 0.532. The zero-order valence-corrected chi connectivity index (χ0v) is 16.3. The minimum absolute atomic E-state index is 0.232. The summed E-state index contributed by atoms with van der Waals surface area (Å²) >= 11 is 6.18. The van der Waals surface area contributed by atoms with Crippen molar-refractivity contribution in [2.75, 3.05) is 0 Å². The highest BCUT2D eigenvalue weighted by molar-refractivity contribution is 6.30. The maximum absolute atomic E-state index is 13.4. The normalized spacial score (nSPS) is 19.6. The van der Waals surface area contributed by atoms with Crippen molar-refractivity contribution < 1.29 is 9.90 Å². The molecule has 0 saturated heterocycles. The molecule has 0 saturated carbocycles. The minimum Gasteiger partial charge on any atom is -0.363 e. The second-order valence-corrected chi connectivity index (χ2v) is 7.64. The van der Waals surface area contributed by atoms with Crippen molar-refractivity contribution in [3.63, 3.8) is 0 Å². The van der Waals surface area contributed by atoms with Gasteiger partial charge in [-0.05, 0) is 42.8 Å². The third kappa shape index (κ3) is 2.58. The summed E-state index contributed by atoms with van der Waals surface area (Å²) in [7, 11) is 0. The Morgan fingerprint density at radius 3 is 2.79 bits per heavy atom. The number of rotatable bonds is 3. The molecule has 2 heterocycles. The summed E-state index contributed by atoms with van der Waals surface area (Å²) in [6, 6.07) is 19.5. The first-order valence-electron chi connectivity index (χ1n) is 9.27. The molecule has 1 aliphatic rings. The Kier molecular flexibility index (Phi) is 3.98. The van der Waals surface area contributed by atoms with Crippen LogP contribution in [0.4, 0.5) is 0 Å². The first kappa shape index (κ1) is 17.9. The predicted octanol–water partition coefficient (Wildman–Crippen LogP) is 4.43. The van der Waals surface area contributed by atoms with E-state index in [9.17, 15) is 9.90 Å². The molecule has 4 aromatic rings. The highest BCUT2D eigenvalue weighted by Gasteiger charge is 2.51. The van der Waals surface area contributed by atoms with Gasteiger partial charge in [0.1, 0.15) is 0 Å². The molecule has 29 heavy (non-hydrogen) atoms. The number of H-pyrrole nitrogens is 1. The predicted molar refractivity (Wildman–Crippen MR) is 110 cm³/mol. The van der Waals surface area contributed by atoms with Crippen molar-refractivity contribution in [3.05, 3.63) is 100 Å². The van der Waals surface area contributed by atoms with Gasteiger partial charge in [-0.25, -0.2) is 4.98 Å². The van der Waals surface area contributed by atoms with Gasteiger partial charge in [-0.2, -0.15) is 0 Å². The van der Waals surface area contributed by atoms with Gasteiger partial charge < -0.3 is 10.1 Å². The summed E-state index contributed by atoms with van der Waals surface area (Å²) in [5.41, 5.74) is 2.29. The number of hydrogen-bond donors (Lipinski definition) is 2. The largest absolute Gasteiger partial charge is 0.363 e. The van der Waals surface area contributed by atoms with Crippen molar-refractivity contribution in [1.29, 1.82) is 0 Å². The van der Waals surface area contributed by atoms with Crippen molar-refractivity contribution in [3.8, 4) is 0 Å². The van der Waals surface area contributed by atoms with E-state index in [1.54, 1.807) is 36.4 Å². The van der Waals surface area contributed by atoms with E-state index in [1.807, 2.05) is 37.3 Å². The number of aliphatic hydroxyl groups is 1. The summed E-state index contributed by atoms with van der Waals surface area (Å²) in [5.74, 6) is -0.232. The third-order valence-corrected chi connectivity index (χ3v) is 5.82. The molecule has 2 unspecified atom stereocenters. The Morgan fingerprint density at radius 2 is 1.97 bits per heavy atom. The average molecular weight is 403 g/mol. The zero-order valence-electron chi connectivity index (χ0n) is 15.6. The van der Waals surface area contributed by atoms with Crippen molar-refractivity contribution in [2.24, 2.45) is 0 Å². The SMILES string of the molecule is CC(c1cccc(Cl)c1)N1C(=O)c2ccccc2C1(O)c1ccc2[nH][c]nc2c1. The number of fused-ring (bicyclic) bond motifs is 2. The van der Waals surface area contributed by atoms with Gasteiger partial charge in [0, 0.05) is 21.7 Å². The van der Waals surface area contributed by atoms with E-state index in [1.165, 1.54) is 4.90 Å². The van der Waals surface area contributed by atoms with Gasteiger partial charge in [0.25, 0.3) is 5.91 Å². The van der Waals surface area contributed by atoms with E-state index in [2.05, 4.69) is 16.3 Å². The Hall–Kier alpha value is -3.15. The second kappa shape index (κ2) is 6.44. The topological polar surface area (TPSA) is 69.2 Å². The number of amides is 1. The van der Waals surface area contributed by atoms with Crippen LogP contribution in [0, 0.1) is 6.33 Å². The lowest BCUT2D eigenvalue weighted by atomic mass is 9.92. The molecule has 0 bridgehead atoms. The number of aromatic nitrogens is 2. The monoisotopic (exact) mass is 402 g/mol. The Labute approximate surface area is 172 Å². The molecule has 0 aliphatic carbocycles. The fourth-order valence-corrected chi connectivity index (χ4v) is 4.34. The summed E-state index contributed by atoms with van der Waals surface area (Å²) < 4.78 is 0. The van der Waals surface area contributed by atoms with Crippen LogP contribution >= 0.6 is 11.6 Å². The summed E-state index contributed by atoms with van der Waals surface area (Å²) in [5, 5.41) is 12.6. The molecule has 0 fully saturated rings. The Bertz CT molecular complexity index is 1250. The number of carbonyl (C=O) groups excluding carboxylic acids is 1. The van der Waals surface area contributed by atoms with Crippen LogP contribution < -0.4 is 0 Å². The molecule has 5 nitrogen and oxygen atoms in total. The second-order valence-electron chi connectivity index (χ2n) is 7.20. The molecule has 5 rings (SSSR count). The van der Waals surface area contributed by atoms with Gasteiger partial charge in [-0.3, -0.25) is 9.69 Å². The van der Waals surface area contributed by atoms with Gasteiger partial charge in [0.15, 0.2) is 12.1 Å². The van der Waals surface area contributed by atoms with Gasteiger partial charge in [0.05, 0.1) is 17.1 Å². The van der Waals surface area contributed by atoms with E-state index in [4.69, 9.17) is 11.6 Å². The van der Waals surface area contributed by atoms with E-state index >= 15 is 0 Å². The van der Waals surface area contributed by atoms with Gasteiger partial charge in [0.2, 0.25) is 0 Å². The molecule has 1 aromatic heterocycles. The lowest BCUT2D eigenvalue weighted by Crippen LogP contribution is -2.46. The first-order chi connectivity index (χ1) is 14.0. The molecule has 2 atom stereocenters. The molecule has 3 aromatic carbocycles. The van der Waals surface area contributed by atoms with Gasteiger partial charge in [-0.1, -0.05) is 48.0 Å². The van der Waals surface area contributed by atoms with Crippen LogP contribution in [0.15, 0.2) is 66.7 Å². The van der Waals surface area contributed by atoms with Crippen molar-refractivity contribution in [1.82, 2.24) is 14.9 Å².